The van der Waals surface area contributed by atoms with Crippen molar-refractivity contribution in [2.24, 2.45) is 0 Å². The van der Waals surface area contributed by atoms with Gasteiger partial charge in [0.05, 0.1) is 7.11 Å². The van der Waals surface area contributed by atoms with Crippen molar-refractivity contribution in [1.29, 1.82) is 0 Å². The van der Waals surface area contributed by atoms with E-state index in [2.05, 4.69) is 51.2 Å². The first kappa shape index (κ1) is 21.2. The average Bonchev–Trinajstić information content (AvgIpc) is 2.89. The number of carbonyl (C=O) groups excluding carboxylic acids is 1. The minimum Gasteiger partial charge on any atom is -0.496 e. The van der Waals surface area contributed by atoms with Gasteiger partial charge in [-0.15, -0.1) is 0 Å². The van der Waals surface area contributed by atoms with Gasteiger partial charge in [-0.25, -0.2) is 0 Å². The van der Waals surface area contributed by atoms with Gasteiger partial charge >= 0.3 is 0 Å². The van der Waals surface area contributed by atoms with Crippen LogP contribution < -0.4 is 9.64 Å². The van der Waals surface area contributed by atoms with Crippen molar-refractivity contribution in [3.05, 3.63) is 89.8 Å². The normalized spacial score (nSPS) is 15.9. The van der Waals surface area contributed by atoms with Crippen LogP contribution in [0.5, 0.6) is 5.75 Å². The van der Waals surface area contributed by atoms with Crippen molar-refractivity contribution in [2.45, 2.75) is 6.54 Å². The van der Waals surface area contributed by atoms with Crippen LogP contribution in [0.2, 0.25) is 0 Å². The Morgan fingerprint density at radius 3 is 2.58 bits per heavy atom. The molecule has 2 aliphatic rings. The quantitative estimate of drug-likeness (QED) is 0.595. The Labute approximate surface area is 194 Å². The molecular formula is C27H28N4O2. The first-order valence-corrected chi connectivity index (χ1v) is 11.3. The number of anilines is 2. The summed E-state index contributed by atoms with van der Waals surface area (Å²) in [7, 11) is 1.68. The van der Waals surface area contributed by atoms with Gasteiger partial charge in [0.15, 0.2) is 0 Å². The van der Waals surface area contributed by atoms with E-state index >= 15 is 0 Å². The van der Waals surface area contributed by atoms with Gasteiger partial charge in [0.25, 0.3) is 5.91 Å². The fraction of sp³-hybridized carbons (Fsp3) is 0.259. The van der Waals surface area contributed by atoms with Crippen LogP contribution in [0.3, 0.4) is 0 Å². The molecule has 2 aliphatic heterocycles. The lowest BCUT2D eigenvalue weighted by molar-refractivity contribution is 0.0627. The number of aromatic nitrogens is 1. The summed E-state index contributed by atoms with van der Waals surface area (Å²) in [5.41, 5.74) is 5.32. The topological polar surface area (TPSA) is 48.9 Å². The molecule has 168 valence electrons. The van der Waals surface area contributed by atoms with E-state index in [1.165, 1.54) is 11.3 Å². The van der Waals surface area contributed by atoms with E-state index in [0.717, 1.165) is 48.7 Å². The first-order chi connectivity index (χ1) is 16.2. The van der Waals surface area contributed by atoms with Crippen molar-refractivity contribution >= 4 is 23.4 Å². The highest BCUT2D eigenvalue weighted by atomic mass is 16.5. The van der Waals surface area contributed by atoms with Crippen molar-refractivity contribution < 1.29 is 9.53 Å². The van der Waals surface area contributed by atoms with Crippen LogP contribution in [0.25, 0.3) is 6.08 Å². The number of rotatable bonds is 5. The zero-order chi connectivity index (χ0) is 22.6. The average molecular weight is 441 g/mol. The van der Waals surface area contributed by atoms with Crippen LogP contribution in [0.15, 0.2) is 73.1 Å². The number of benzene rings is 2. The maximum absolute atomic E-state index is 13.1. The number of piperazine rings is 1. The maximum atomic E-state index is 13.1. The molecule has 1 aromatic heterocycles. The molecule has 1 saturated heterocycles. The van der Waals surface area contributed by atoms with Crippen molar-refractivity contribution in [2.75, 3.05) is 44.7 Å². The maximum Gasteiger partial charge on any atom is 0.253 e. The van der Waals surface area contributed by atoms with E-state index < -0.39 is 0 Å². The minimum absolute atomic E-state index is 0.0964. The number of methoxy groups -OCH3 is 1. The summed E-state index contributed by atoms with van der Waals surface area (Å²) in [5, 5.41) is 0. The highest BCUT2D eigenvalue weighted by Crippen LogP contribution is 2.32. The largest absolute Gasteiger partial charge is 0.496 e. The molecule has 5 rings (SSSR count). The number of hydrogen-bond donors (Lipinski definition) is 0. The molecular weight excluding hydrogens is 412 g/mol. The molecule has 1 amide bonds. The number of hydrogen-bond acceptors (Lipinski definition) is 5. The summed E-state index contributed by atoms with van der Waals surface area (Å²) in [6.45, 7) is 4.70. The Morgan fingerprint density at radius 1 is 1.00 bits per heavy atom. The Bertz CT molecular complexity index is 1150. The van der Waals surface area contributed by atoms with Gasteiger partial charge in [0, 0.05) is 74.2 Å². The minimum atomic E-state index is 0.0964. The summed E-state index contributed by atoms with van der Waals surface area (Å²) in [4.78, 5) is 23.9. The molecule has 3 aromatic rings. The molecule has 0 atom stereocenters. The molecule has 0 N–H and O–H groups in total. The number of nitrogens with zero attached hydrogens (tertiary/aromatic N) is 4. The predicted molar refractivity (Wildman–Crippen MR) is 131 cm³/mol. The fourth-order valence-electron chi connectivity index (χ4n) is 4.55. The summed E-state index contributed by atoms with van der Waals surface area (Å²) in [6.07, 6.45) is 7.93. The molecule has 1 fully saturated rings. The Kier molecular flexibility index (Phi) is 6.09. The summed E-state index contributed by atoms with van der Waals surface area (Å²) in [6, 6.07) is 18.3. The molecule has 6 nitrogen and oxygen atoms in total. The SMILES string of the molecule is COc1ccncc1CN1CCN(C(=O)c2ccc(N3CC=Cc4ccccc43)cc2)CC1. The molecule has 0 saturated carbocycles. The van der Waals surface area contributed by atoms with Gasteiger partial charge in [0.2, 0.25) is 0 Å². The standard InChI is InChI=1S/C27H28N4O2/c1-33-26-12-13-28-19-23(26)20-29-15-17-30(18-16-29)27(32)22-8-10-24(11-9-22)31-14-4-6-21-5-2-3-7-25(21)31/h2-13,19H,14-18,20H2,1H3. The second-order valence-electron chi connectivity index (χ2n) is 8.37. The number of ether oxygens (including phenoxy) is 1. The van der Waals surface area contributed by atoms with Crippen LogP contribution >= 0.6 is 0 Å². The van der Waals surface area contributed by atoms with Crippen LogP contribution in [0.4, 0.5) is 11.4 Å². The lowest BCUT2D eigenvalue weighted by Crippen LogP contribution is -2.48. The third-order valence-electron chi connectivity index (χ3n) is 6.37. The first-order valence-electron chi connectivity index (χ1n) is 11.3. The second kappa shape index (κ2) is 9.46. The molecule has 0 unspecified atom stereocenters. The van der Waals surface area contributed by atoms with Crippen molar-refractivity contribution in [3.63, 3.8) is 0 Å². The third kappa shape index (κ3) is 4.47. The molecule has 0 radical (unpaired) electrons. The van der Waals surface area contributed by atoms with Gasteiger partial charge in [-0.05, 0) is 42.0 Å². The smallest absolute Gasteiger partial charge is 0.253 e. The van der Waals surface area contributed by atoms with E-state index in [9.17, 15) is 4.79 Å². The zero-order valence-corrected chi connectivity index (χ0v) is 18.9. The van der Waals surface area contributed by atoms with E-state index in [-0.39, 0.29) is 5.91 Å². The molecule has 2 aromatic carbocycles. The number of pyridine rings is 1. The molecule has 33 heavy (non-hydrogen) atoms. The van der Waals surface area contributed by atoms with E-state index in [1.54, 1.807) is 13.3 Å². The van der Waals surface area contributed by atoms with Crippen LogP contribution in [-0.2, 0) is 6.54 Å². The van der Waals surface area contributed by atoms with Gasteiger partial charge in [-0.1, -0.05) is 30.4 Å². The predicted octanol–water partition coefficient (Wildman–Crippen LogP) is 4.21. The lowest BCUT2D eigenvalue weighted by Gasteiger charge is -2.35. The van der Waals surface area contributed by atoms with Crippen LogP contribution in [-0.4, -0.2) is 60.5 Å². The van der Waals surface area contributed by atoms with Crippen molar-refractivity contribution in [1.82, 2.24) is 14.8 Å². The summed E-state index contributed by atoms with van der Waals surface area (Å²) >= 11 is 0. The van der Waals surface area contributed by atoms with Crippen LogP contribution in [0, 0.1) is 0 Å². The molecule has 0 spiro atoms. The molecule has 3 heterocycles. The van der Waals surface area contributed by atoms with Gasteiger partial charge in [-0.3, -0.25) is 14.7 Å². The number of carbonyl (C=O) groups is 1. The monoisotopic (exact) mass is 440 g/mol. The number of para-hydroxylation sites is 1. The third-order valence-corrected chi connectivity index (χ3v) is 6.37. The molecule has 6 heteroatoms. The molecule has 0 bridgehead atoms. The Balaban J connectivity index is 1.21. The zero-order valence-electron chi connectivity index (χ0n) is 18.9. The van der Waals surface area contributed by atoms with E-state index in [0.29, 0.717) is 13.1 Å². The fourth-order valence-corrected chi connectivity index (χ4v) is 4.55. The van der Waals surface area contributed by atoms with Crippen molar-refractivity contribution in [3.8, 4) is 5.75 Å². The second-order valence-corrected chi connectivity index (χ2v) is 8.37. The van der Waals surface area contributed by atoms with Gasteiger partial charge in [-0.2, -0.15) is 0 Å². The van der Waals surface area contributed by atoms with Gasteiger partial charge < -0.3 is 14.5 Å². The summed E-state index contributed by atoms with van der Waals surface area (Å²) < 4.78 is 5.44. The lowest BCUT2D eigenvalue weighted by atomic mass is 10.1. The van der Waals surface area contributed by atoms with E-state index in [1.807, 2.05) is 41.4 Å². The highest BCUT2D eigenvalue weighted by molar-refractivity contribution is 5.95. The number of fused-ring (bicyclic) bond motifs is 1. The molecule has 0 aliphatic carbocycles. The van der Waals surface area contributed by atoms with E-state index in [4.69, 9.17) is 4.74 Å². The number of amides is 1. The van der Waals surface area contributed by atoms with Gasteiger partial charge in [0.1, 0.15) is 5.75 Å². The highest BCUT2D eigenvalue weighted by Gasteiger charge is 2.23. The Morgan fingerprint density at radius 2 is 1.79 bits per heavy atom. The van der Waals surface area contributed by atoms with Crippen LogP contribution in [0.1, 0.15) is 21.5 Å². The summed E-state index contributed by atoms with van der Waals surface area (Å²) in [5.74, 6) is 0.953. The Hall–Kier alpha value is -3.64.